The lowest BCUT2D eigenvalue weighted by molar-refractivity contribution is 0.545. The highest BCUT2D eigenvalue weighted by Gasteiger charge is 2.19. The highest BCUT2D eigenvalue weighted by Crippen LogP contribution is 2.30. The Bertz CT molecular complexity index is 588. The molecule has 1 N–H and O–H groups in total. The Morgan fingerprint density at radius 2 is 1.95 bits per heavy atom. The molecule has 0 amide bonds. The Kier molecular flexibility index (Phi) is 5.99. The summed E-state index contributed by atoms with van der Waals surface area (Å²) in [4.78, 5) is 0. The monoisotopic (exact) mass is 447 g/mol. The third-order valence-electron chi connectivity index (χ3n) is 3.08. The van der Waals surface area contributed by atoms with E-state index >= 15 is 0 Å². The van der Waals surface area contributed by atoms with Crippen LogP contribution >= 0.6 is 38.5 Å². The zero-order chi connectivity index (χ0) is 14.5. The fraction of sp³-hybridized carbons (Fsp3) is 0.250. The molecule has 2 rings (SSSR count). The van der Waals surface area contributed by atoms with E-state index in [1.807, 2.05) is 24.3 Å². The van der Waals surface area contributed by atoms with Crippen molar-refractivity contribution < 1.29 is 4.39 Å². The average Bonchev–Trinajstić information content (AvgIpc) is 2.44. The average molecular weight is 448 g/mol. The summed E-state index contributed by atoms with van der Waals surface area (Å²) in [5, 5.41) is 3.45. The minimum absolute atomic E-state index is 0.124. The van der Waals surface area contributed by atoms with Crippen molar-refractivity contribution in [2.24, 2.45) is 0 Å². The van der Waals surface area contributed by atoms with Gasteiger partial charge in [0.2, 0.25) is 0 Å². The molecule has 1 nitrogen and oxygen atoms in total. The molecule has 0 radical (unpaired) electrons. The van der Waals surface area contributed by atoms with E-state index in [9.17, 15) is 4.39 Å². The topological polar surface area (TPSA) is 12.0 Å². The maximum Gasteiger partial charge on any atom is 0.128 e. The van der Waals surface area contributed by atoms with Crippen molar-refractivity contribution in [1.82, 2.24) is 5.32 Å². The van der Waals surface area contributed by atoms with Crippen LogP contribution in [0.3, 0.4) is 0 Å². The lowest BCUT2D eigenvalue weighted by Gasteiger charge is -2.21. The number of hydrogen-bond donors (Lipinski definition) is 1. The van der Waals surface area contributed by atoms with Crippen molar-refractivity contribution in [3.63, 3.8) is 0 Å². The largest absolute Gasteiger partial charge is 0.306 e. The van der Waals surface area contributed by atoms with Crippen LogP contribution in [-0.2, 0) is 0 Å². The predicted molar refractivity (Wildman–Crippen MR) is 93.4 cm³/mol. The Morgan fingerprint density at radius 3 is 2.65 bits per heavy atom. The van der Waals surface area contributed by atoms with Crippen molar-refractivity contribution in [2.75, 3.05) is 6.54 Å². The van der Waals surface area contributed by atoms with E-state index in [1.165, 1.54) is 6.07 Å². The molecule has 0 aliphatic rings. The fourth-order valence-corrected chi connectivity index (χ4v) is 3.15. The lowest BCUT2D eigenvalue weighted by Crippen LogP contribution is -2.25. The van der Waals surface area contributed by atoms with Gasteiger partial charge in [0.25, 0.3) is 0 Å². The van der Waals surface area contributed by atoms with Gasteiger partial charge in [0, 0.05) is 13.6 Å². The van der Waals surface area contributed by atoms with Gasteiger partial charge in [-0.25, -0.2) is 4.39 Å². The normalized spacial score (nSPS) is 12.4. The second-order valence-electron chi connectivity index (χ2n) is 4.57. The Labute approximate surface area is 141 Å². The number of rotatable bonds is 5. The number of nitrogens with one attached hydrogen (secondary N) is 1. The van der Waals surface area contributed by atoms with E-state index in [4.69, 9.17) is 0 Å². The molecule has 0 fully saturated rings. The summed E-state index contributed by atoms with van der Waals surface area (Å²) < 4.78 is 16.3. The van der Waals surface area contributed by atoms with Crippen LogP contribution in [-0.4, -0.2) is 6.54 Å². The zero-order valence-electron chi connectivity index (χ0n) is 11.2. The summed E-state index contributed by atoms with van der Waals surface area (Å²) >= 11 is 5.80. The Morgan fingerprint density at radius 1 is 1.20 bits per heavy atom. The van der Waals surface area contributed by atoms with Crippen molar-refractivity contribution in [2.45, 2.75) is 19.4 Å². The molecule has 0 bridgehead atoms. The Balaban J connectivity index is 2.47. The minimum Gasteiger partial charge on any atom is -0.306 e. The molecule has 0 aliphatic heterocycles. The van der Waals surface area contributed by atoms with Gasteiger partial charge in [-0.1, -0.05) is 41.1 Å². The van der Waals surface area contributed by atoms with E-state index in [1.54, 1.807) is 6.07 Å². The molecule has 2 aromatic rings. The van der Waals surface area contributed by atoms with Crippen LogP contribution in [0.25, 0.3) is 0 Å². The van der Waals surface area contributed by atoms with Gasteiger partial charge in [0.1, 0.15) is 5.82 Å². The molecule has 0 heterocycles. The molecular weight excluding hydrogens is 432 g/mol. The first-order chi connectivity index (χ1) is 9.63. The molecular formula is C16H16BrFIN. The van der Waals surface area contributed by atoms with Gasteiger partial charge >= 0.3 is 0 Å². The summed E-state index contributed by atoms with van der Waals surface area (Å²) in [7, 11) is 0. The van der Waals surface area contributed by atoms with Gasteiger partial charge in [-0.3, -0.25) is 0 Å². The highest BCUT2D eigenvalue weighted by molar-refractivity contribution is 14.1. The molecule has 0 aromatic heterocycles. The first kappa shape index (κ1) is 15.9. The van der Waals surface area contributed by atoms with Crippen LogP contribution in [0, 0.1) is 9.39 Å². The first-order valence-corrected chi connectivity index (χ1v) is 8.43. The number of benzene rings is 2. The van der Waals surface area contributed by atoms with Crippen LogP contribution in [0.1, 0.15) is 30.5 Å². The second kappa shape index (κ2) is 7.52. The molecule has 1 atom stereocenters. The van der Waals surface area contributed by atoms with Gasteiger partial charge in [-0.2, -0.15) is 0 Å². The fourth-order valence-electron chi connectivity index (χ4n) is 2.12. The van der Waals surface area contributed by atoms with E-state index < -0.39 is 0 Å². The minimum atomic E-state index is -0.170. The van der Waals surface area contributed by atoms with E-state index in [0.717, 1.165) is 26.6 Å². The summed E-state index contributed by atoms with van der Waals surface area (Å²) in [6.07, 6.45) is 1.01. The molecule has 106 valence electrons. The van der Waals surface area contributed by atoms with E-state index in [-0.39, 0.29) is 11.9 Å². The molecule has 0 spiro atoms. The van der Waals surface area contributed by atoms with Crippen molar-refractivity contribution in [3.8, 4) is 0 Å². The van der Waals surface area contributed by atoms with E-state index in [0.29, 0.717) is 5.56 Å². The third-order valence-corrected chi connectivity index (χ3v) is 4.56. The van der Waals surface area contributed by atoms with Crippen LogP contribution in [0.15, 0.2) is 46.9 Å². The quantitative estimate of drug-likeness (QED) is 0.614. The summed E-state index contributed by atoms with van der Waals surface area (Å²) in [6, 6.07) is 12.9. The van der Waals surface area contributed by atoms with Crippen molar-refractivity contribution in [1.29, 1.82) is 0 Å². The molecule has 0 aliphatic carbocycles. The zero-order valence-corrected chi connectivity index (χ0v) is 14.9. The number of halogens is 3. The van der Waals surface area contributed by atoms with E-state index in [2.05, 4.69) is 56.8 Å². The van der Waals surface area contributed by atoms with Crippen molar-refractivity contribution in [3.05, 3.63) is 67.5 Å². The summed E-state index contributed by atoms with van der Waals surface area (Å²) in [5.41, 5.74) is 1.79. The Hall–Kier alpha value is -0.460. The molecule has 2 aromatic carbocycles. The molecule has 20 heavy (non-hydrogen) atoms. The van der Waals surface area contributed by atoms with Gasteiger partial charge in [0.05, 0.1) is 6.04 Å². The number of hydrogen-bond acceptors (Lipinski definition) is 1. The molecule has 0 saturated carbocycles. The van der Waals surface area contributed by atoms with Gasteiger partial charge in [-0.05, 0) is 65.4 Å². The second-order valence-corrected chi connectivity index (χ2v) is 6.65. The first-order valence-electron chi connectivity index (χ1n) is 6.56. The predicted octanol–water partition coefficient (Wildman–Crippen LogP) is 5.28. The van der Waals surface area contributed by atoms with Crippen LogP contribution < -0.4 is 5.32 Å². The maximum absolute atomic E-state index is 14.1. The smallest absolute Gasteiger partial charge is 0.128 e. The van der Waals surface area contributed by atoms with Gasteiger partial charge in [-0.15, -0.1) is 0 Å². The van der Waals surface area contributed by atoms with Crippen LogP contribution in [0.4, 0.5) is 4.39 Å². The molecule has 1 unspecified atom stereocenters. The van der Waals surface area contributed by atoms with Crippen molar-refractivity contribution >= 4 is 38.5 Å². The standard InChI is InChI=1S/C16H16BrFIN/c1-2-9-20-16(12-5-3-4-6-14(12)18)13-10-11(17)7-8-15(13)19/h3-8,10,16,20H,2,9H2,1H3. The summed E-state index contributed by atoms with van der Waals surface area (Å²) in [6.45, 7) is 2.96. The maximum atomic E-state index is 14.1. The SMILES string of the molecule is CCCNC(c1ccccc1F)c1cc(Br)ccc1I. The molecule has 4 heteroatoms. The third kappa shape index (κ3) is 3.80. The summed E-state index contributed by atoms with van der Waals surface area (Å²) in [5.74, 6) is -0.170. The van der Waals surface area contributed by atoms with Crippen LogP contribution in [0.2, 0.25) is 0 Å². The molecule has 0 saturated heterocycles. The highest BCUT2D eigenvalue weighted by atomic mass is 127. The van der Waals surface area contributed by atoms with Gasteiger partial charge < -0.3 is 5.32 Å². The lowest BCUT2D eigenvalue weighted by atomic mass is 9.98. The van der Waals surface area contributed by atoms with Crippen LogP contribution in [0.5, 0.6) is 0 Å². The van der Waals surface area contributed by atoms with Gasteiger partial charge in [0.15, 0.2) is 0 Å².